The minimum absolute atomic E-state index is 0.0190. The number of nitrogens with one attached hydrogen (secondary N) is 1. The van der Waals surface area contributed by atoms with E-state index in [4.69, 9.17) is 5.41 Å². The first-order valence-corrected chi connectivity index (χ1v) is 8.81. The number of carbonyl (C=O) groups is 2. The van der Waals surface area contributed by atoms with Crippen LogP contribution in [0.3, 0.4) is 0 Å². The highest BCUT2D eigenvalue weighted by Gasteiger charge is 2.40. The normalized spacial score (nSPS) is 15.4. The largest absolute Gasteiger partial charge is 0.289 e. The third kappa shape index (κ3) is 3.10. The highest BCUT2D eigenvalue weighted by atomic mass is 16.2. The Hall–Kier alpha value is -3.99. The summed E-state index contributed by atoms with van der Waals surface area (Å²) in [6.45, 7) is 0. The Kier molecular flexibility index (Phi) is 4.56. The number of allylic oxidation sites excluding steroid dienone is 1. The molecule has 0 unspecified atom stereocenters. The topological polar surface area (TPSA) is 64.5 Å². The molecule has 3 aromatic rings. The molecule has 0 radical (unpaired) electrons. The van der Waals surface area contributed by atoms with Crippen molar-refractivity contribution in [2.24, 2.45) is 0 Å². The summed E-state index contributed by atoms with van der Waals surface area (Å²) in [7, 11) is 0. The molecular weight excluding hydrogens is 350 g/mol. The van der Waals surface area contributed by atoms with Crippen LogP contribution in [0.15, 0.2) is 103 Å². The number of benzene rings is 3. The number of nitrogens with zero attached hydrogens (tertiary/aromatic N) is 2. The van der Waals surface area contributed by atoms with Crippen molar-refractivity contribution in [3.8, 4) is 0 Å². The van der Waals surface area contributed by atoms with Crippen LogP contribution in [0.25, 0.3) is 0 Å². The van der Waals surface area contributed by atoms with Crippen molar-refractivity contribution in [2.45, 2.75) is 0 Å². The molecule has 136 valence electrons. The van der Waals surface area contributed by atoms with E-state index in [0.717, 1.165) is 0 Å². The maximum Gasteiger partial charge on any atom is 0.282 e. The SMILES string of the molecule is N=C1N(c2ccccc2)C(=O)/C(=C\C(=O)c2ccccc2)N1c1ccccc1. The van der Waals surface area contributed by atoms with Crippen LogP contribution in [0, 0.1) is 5.41 Å². The number of carbonyl (C=O) groups excluding carboxylic acids is 2. The number of hydrogen-bond donors (Lipinski definition) is 1. The summed E-state index contributed by atoms with van der Waals surface area (Å²) in [6.07, 6.45) is 1.31. The number of ketones is 1. The van der Waals surface area contributed by atoms with Gasteiger partial charge in [-0.25, -0.2) is 4.90 Å². The van der Waals surface area contributed by atoms with Gasteiger partial charge >= 0.3 is 0 Å². The van der Waals surface area contributed by atoms with Gasteiger partial charge in [0.15, 0.2) is 5.78 Å². The average Bonchev–Trinajstić information content (AvgIpc) is 2.99. The van der Waals surface area contributed by atoms with E-state index in [1.165, 1.54) is 15.9 Å². The first kappa shape index (κ1) is 17.4. The van der Waals surface area contributed by atoms with E-state index in [1.54, 1.807) is 60.7 Å². The Morgan fingerprint density at radius 2 is 1.18 bits per heavy atom. The molecule has 1 amide bonds. The van der Waals surface area contributed by atoms with E-state index in [2.05, 4.69) is 0 Å². The zero-order chi connectivity index (χ0) is 19.5. The summed E-state index contributed by atoms with van der Waals surface area (Å²) in [5.41, 5.74) is 1.86. The highest BCUT2D eigenvalue weighted by Crippen LogP contribution is 2.31. The van der Waals surface area contributed by atoms with Crippen LogP contribution in [0.5, 0.6) is 0 Å². The molecule has 0 bridgehead atoms. The van der Waals surface area contributed by atoms with Crippen molar-refractivity contribution in [1.82, 2.24) is 0 Å². The number of amides is 1. The minimum atomic E-state index is -0.413. The molecule has 1 fully saturated rings. The molecule has 0 saturated carbocycles. The third-order valence-electron chi connectivity index (χ3n) is 4.44. The van der Waals surface area contributed by atoms with Crippen molar-refractivity contribution >= 4 is 29.0 Å². The fraction of sp³-hybridized carbons (Fsp3) is 0. The van der Waals surface area contributed by atoms with Crippen molar-refractivity contribution < 1.29 is 9.59 Å². The minimum Gasteiger partial charge on any atom is -0.289 e. The smallest absolute Gasteiger partial charge is 0.282 e. The van der Waals surface area contributed by atoms with Crippen LogP contribution in [-0.4, -0.2) is 17.6 Å². The summed E-state index contributed by atoms with van der Waals surface area (Å²) in [5, 5.41) is 8.63. The molecule has 1 aliphatic heterocycles. The number of rotatable bonds is 4. The Balaban J connectivity index is 1.81. The number of hydrogen-bond acceptors (Lipinski definition) is 3. The maximum absolute atomic E-state index is 13.2. The van der Waals surface area contributed by atoms with Gasteiger partial charge in [0.1, 0.15) is 5.70 Å². The summed E-state index contributed by atoms with van der Waals surface area (Å²) in [4.78, 5) is 28.7. The van der Waals surface area contributed by atoms with Gasteiger partial charge in [-0.1, -0.05) is 66.7 Å². The Morgan fingerprint density at radius 1 is 0.714 bits per heavy atom. The van der Waals surface area contributed by atoms with Crippen molar-refractivity contribution in [2.75, 3.05) is 9.80 Å². The summed E-state index contributed by atoms with van der Waals surface area (Å²) in [5.74, 6) is -0.716. The molecule has 1 N–H and O–H groups in total. The van der Waals surface area contributed by atoms with E-state index in [1.807, 2.05) is 30.3 Å². The lowest BCUT2D eigenvalue weighted by Gasteiger charge is -2.20. The quantitative estimate of drug-likeness (QED) is 0.554. The second-order valence-corrected chi connectivity index (χ2v) is 6.23. The van der Waals surface area contributed by atoms with Crippen molar-refractivity contribution in [3.63, 3.8) is 0 Å². The van der Waals surface area contributed by atoms with E-state index in [9.17, 15) is 9.59 Å². The van der Waals surface area contributed by atoms with E-state index in [0.29, 0.717) is 16.9 Å². The van der Waals surface area contributed by atoms with Crippen LogP contribution in [-0.2, 0) is 4.79 Å². The summed E-state index contributed by atoms with van der Waals surface area (Å²) >= 11 is 0. The summed E-state index contributed by atoms with van der Waals surface area (Å²) < 4.78 is 0. The number of guanidine groups is 1. The van der Waals surface area contributed by atoms with Gasteiger partial charge in [0, 0.05) is 17.3 Å². The van der Waals surface area contributed by atoms with E-state index < -0.39 is 5.91 Å². The van der Waals surface area contributed by atoms with Crippen molar-refractivity contribution in [3.05, 3.63) is 108 Å². The van der Waals surface area contributed by atoms with Gasteiger partial charge in [0.25, 0.3) is 5.91 Å². The molecule has 28 heavy (non-hydrogen) atoms. The van der Waals surface area contributed by atoms with Gasteiger partial charge in [-0.05, 0) is 24.3 Å². The number of para-hydroxylation sites is 2. The van der Waals surface area contributed by atoms with Crippen LogP contribution in [0.4, 0.5) is 11.4 Å². The van der Waals surface area contributed by atoms with Crippen molar-refractivity contribution in [1.29, 1.82) is 5.41 Å². The molecule has 3 aromatic carbocycles. The van der Waals surface area contributed by atoms with Gasteiger partial charge in [0.2, 0.25) is 5.96 Å². The molecule has 4 rings (SSSR count). The first-order valence-electron chi connectivity index (χ1n) is 8.81. The molecule has 0 spiro atoms. The highest BCUT2D eigenvalue weighted by molar-refractivity contribution is 6.36. The predicted molar refractivity (Wildman–Crippen MR) is 109 cm³/mol. The van der Waals surface area contributed by atoms with Gasteiger partial charge in [-0.15, -0.1) is 0 Å². The second kappa shape index (κ2) is 7.32. The number of anilines is 2. The van der Waals surface area contributed by atoms with E-state index >= 15 is 0 Å². The zero-order valence-electron chi connectivity index (χ0n) is 14.9. The Bertz CT molecular complexity index is 1060. The van der Waals surface area contributed by atoms with Gasteiger partial charge in [-0.3, -0.25) is 19.9 Å². The lowest BCUT2D eigenvalue weighted by molar-refractivity contribution is -0.113. The monoisotopic (exact) mass is 367 g/mol. The van der Waals surface area contributed by atoms with Crippen LogP contribution >= 0.6 is 0 Å². The zero-order valence-corrected chi connectivity index (χ0v) is 14.9. The fourth-order valence-electron chi connectivity index (χ4n) is 3.11. The fourth-order valence-corrected chi connectivity index (χ4v) is 3.11. The lowest BCUT2D eigenvalue weighted by Crippen LogP contribution is -2.33. The van der Waals surface area contributed by atoms with Gasteiger partial charge in [0.05, 0.1) is 5.69 Å². The Morgan fingerprint density at radius 3 is 1.71 bits per heavy atom. The molecule has 0 atom stereocenters. The Labute approximate surface area is 162 Å². The van der Waals surface area contributed by atoms with Gasteiger partial charge in [-0.2, -0.15) is 0 Å². The average molecular weight is 367 g/mol. The summed E-state index contributed by atoms with van der Waals surface area (Å²) in [6, 6.07) is 26.9. The predicted octanol–water partition coefficient (Wildman–Crippen LogP) is 4.24. The standard InChI is InChI=1S/C23H17N3O2/c24-23-25(18-12-6-2-7-13-18)20(16-21(27)17-10-4-1-5-11-17)22(28)26(23)19-14-8-3-9-15-19/h1-16,24H/b20-16+,24-23?. The van der Waals surface area contributed by atoms with Crippen LogP contribution in [0.1, 0.15) is 10.4 Å². The maximum atomic E-state index is 13.2. The molecule has 1 heterocycles. The van der Waals surface area contributed by atoms with Crippen LogP contribution in [0.2, 0.25) is 0 Å². The van der Waals surface area contributed by atoms with Gasteiger partial charge < -0.3 is 0 Å². The molecule has 5 heteroatoms. The van der Waals surface area contributed by atoms with E-state index in [-0.39, 0.29) is 17.4 Å². The molecule has 0 aliphatic carbocycles. The molecule has 0 aromatic heterocycles. The molecule has 1 saturated heterocycles. The lowest BCUT2D eigenvalue weighted by atomic mass is 10.1. The molecule has 5 nitrogen and oxygen atoms in total. The molecule has 1 aliphatic rings. The third-order valence-corrected chi connectivity index (χ3v) is 4.44. The first-order chi connectivity index (χ1) is 13.7. The van der Waals surface area contributed by atoms with Crippen LogP contribution < -0.4 is 9.80 Å². The second-order valence-electron chi connectivity index (χ2n) is 6.23. The molecular formula is C23H17N3O2.